The van der Waals surface area contributed by atoms with Crippen LogP contribution in [0, 0.1) is 0 Å². The summed E-state index contributed by atoms with van der Waals surface area (Å²) in [7, 11) is -4.52. The third-order valence-electron chi connectivity index (χ3n) is 2.34. The van der Waals surface area contributed by atoms with Crippen molar-refractivity contribution in [2.75, 3.05) is 5.32 Å². The Bertz CT molecular complexity index is 625. The van der Waals surface area contributed by atoms with E-state index in [1.54, 1.807) is 6.20 Å². The monoisotopic (exact) mass is 304 g/mol. The van der Waals surface area contributed by atoms with Crippen molar-refractivity contribution in [3.63, 3.8) is 0 Å². The lowest BCUT2D eigenvalue weighted by molar-refractivity contribution is 0.234. The first-order valence-electron chi connectivity index (χ1n) is 5.24. The average Bonchev–Trinajstić information content (AvgIpc) is 2.90. The maximum absolute atomic E-state index is 12.3. The molecule has 1 heterocycles. The summed E-state index contributed by atoms with van der Waals surface area (Å²) in [5, 5.41) is 5.74. The smallest absolute Gasteiger partial charge is 0.341 e. The minimum absolute atomic E-state index is 0.387. The van der Waals surface area contributed by atoms with E-state index in [1.165, 1.54) is 23.5 Å². The number of hydrogen-bond donors (Lipinski definition) is 1. The average molecular weight is 304 g/mol. The van der Waals surface area contributed by atoms with Crippen LogP contribution in [-0.2, 0) is 16.4 Å². The Morgan fingerprint density at radius 1 is 1.26 bits per heavy atom. The highest BCUT2D eigenvalue weighted by atomic mass is 32.2. The normalized spacial score (nSPS) is 11.7. The Morgan fingerprint density at radius 3 is 2.47 bits per heavy atom. The Balaban J connectivity index is 2.07. The summed E-state index contributed by atoms with van der Waals surface area (Å²) in [6.45, 7) is 0.499. The number of sulfone groups is 1. The topological polar surface area (TPSA) is 59.1 Å². The lowest BCUT2D eigenvalue weighted by Gasteiger charge is -2.06. The molecule has 0 bridgehead atoms. The van der Waals surface area contributed by atoms with Crippen LogP contribution < -0.4 is 5.32 Å². The first kappa shape index (κ1) is 13.9. The van der Waals surface area contributed by atoms with Gasteiger partial charge in [-0.1, -0.05) is 0 Å². The number of aromatic nitrogens is 1. The van der Waals surface area contributed by atoms with Crippen molar-refractivity contribution in [3.05, 3.63) is 40.8 Å². The van der Waals surface area contributed by atoms with Crippen LogP contribution in [0.15, 0.2) is 40.7 Å². The summed E-state index contributed by atoms with van der Waals surface area (Å²) in [6.07, 6.45) is 1.68. The van der Waals surface area contributed by atoms with E-state index in [1.807, 2.05) is 5.38 Å². The van der Waals surface area contributed by atoms with Gasteiger partial charge in [-0.25, -0.2) is 13.4 Å². The molecule has 102 valence electrons. The van der Waals surface area contributed by atoms with E-state index in [4.69, 9.17) is 0 Å². The lowest BCUT2D eigenvalue weighted by Crippen LogP contribution is -2.11. The van der Waals surface area contributed by atoms with Crippen LogP contribution in [0.4, 0.5) is 14.5 Å². The van der Waals surface area contributed by atoms with Gasteiger partial charge in [0.2, 0.25) is 9.84 Å². The number of nitrogens with zero attached hydrogens (tertiary/aromatic N) is 1. The van der Waals surface area contributed by atoms with Crippen molar-refractivity contribution in [1.82, 2.24) is 4.98 Å². The zero-order chi connectivity index (χ0) is 13.9. The largest absolute Gasteiger partial charge is 0.379 e. The fraction of sp³-hybridized carbons (Fsp3) is 0.182. The minimum atomic E-state index is -4.52. The van der Waals surface area contributed by atoms with Gasteiger partial charge < -0.3 is 5.32 Å². The molecule has 0 fully saturated rings. The minimum Gasteiger partial charge on any atom is -0.379 e. The number of rotatable bonds is 5. The van der Waals surface area contributed by atoms with E-state index in [2.05, 4.69) is 10.3 Å². The number of halogens is 2. The van der Waals surface area contributed by atoms with Gasteiger partial charge in [-0.2, -0.15) is 8.78 Å². The first-order chi connectivity index (χ1) is 9.00. The molecule has 1 aromatic heterocycles. The van der Waals surface area contributed by atoms with E-state index < -0.39 is 15.6 Å². The second-order valence-electron chi connectivity index (χ2n) is 3.61. The van der Waals surface area contributed by atoms with E-state index in [-0.39, 0.29) is 4.90 Å². The number of anilines is 1. The highest BCUT2D eigenvalue weighted by molar-refractivity contribution is 7.91. The van der Waals surface area contributed by atoms with Crippen molar-refractivity contribution in [3.8, 4) is 0 Å². The van der Waals surface area contributed by atoms with Gasteiger partial charge in [0.05, 0.1) is 11.4 Å². The molecule has 0 saturated carbocycles. The van der Waals surface area contributed by atoms with Gasteiger partial charge in [0.25, 0.3) is 0 Å². The highest BCUT2D eigenvalue weighted by Crippen LogP contribution is 2.20. The van der Waals surface area contributed by atoms with Crippen LogP contribution in [0.2, 0.25) is 0 Å². The molecule has 0 amide bonds. The predicted molar refractivity (Wildman–Crippen MR) is 69.1 cm³/mol. The highest BCUT2D eigenvalue weighted by Gasteiger charge is 2.26. The van der Waals surface area contributed by atoms with Crippen LogP contribution in [0.5, 0.6) is 0 Å². The molecule has 0 aliphatic rings. The van der Waals surface area contributed by atoms with Gasteiger partial charge in [0.15, 0.2) is 0 Å². The molecule has 8 heteroatoms. The number of hydrogen-bond acceptors (Lipinski definition) is 5. The van der Waals surface area contributed by atoms with Crippen molar-refractivity contribution in [2.45, 2.75) is 17.2 Å². The van der Waals surface area contributed by atoms with E-state index in [0.29, 0.717) is 12.2 Å². The molecular formula is C11H10F2N2O2S2. The summed E-state index contributed by atoms with van der Waals surface area (Å²) in [5.41, 5.74) is 0.642. The van der Waals surface area contributed by atoms with Crippen LogP contribution in [-0.4, -0.2) is 19.2 Å². The van der Waals surface area contributed by atoms with E-state index >= 15 is 0 Å². The number of alkyl halides is 2. The van der Waals surface area contributed by atoms with Crippen LogP contribution >= 0.6 is 11.3 Å². The Labute approximate surface area is 113 Å². The molecule has 0 saturated heterocycles. The van der Waals surface area contributed by atoms with Gasteiger partial charge in [-0.15, -0.1) is 11.3 Å². The molecule has 0 aliphatic heterocycles. The number of benzene rings is 1. The molecule has 1 aromatic carbocycles. The third kappa shape index (κ3) is 3.27. The fourth-order valence-corrected chi connectivity index (χ4v) is 2.66. The molecule has 0 aliphatic carbocycles. The van der Waals surface area contributed by atoms with Crippen molar-refractivity contribution in [1.29, 1.82) is 0 Å². The quantitative estimate of drug-likeness (QED) is 0.922. The van der Waals surface area contributed by atoms with Crippen molar-refractivity contribution < 1.29 is 17.2 Å². The standard InChI is InChI=1S/C11H10F2N2O2S2/c12-11(13)19(16,17)9-3-1-8(2-4-9)15-7-10-14-5-6-18-10/h1-6,11,15H,7H2. The second-order valence-corrected chi connectivity index (χ2v) is 6.51. The zero-order valence-electron chi connectivity index (χ0n) is 9.58. The van der Waals surface area contributed by atoms with Crippen molar-refractivity contribution in [2.24, 2.45) is 0 Å². The Hall–Kier alpha value is -1.54. The maximum atomic E-state index is 12.3. The molecule has 2 rings (SSSR count). The Morgan fingerprint density at radius 2 is 1.95 bits per heavy atom. The zero-order valence-corrected chi connectivity index (χ0v) is 11.2. The number of thiazole rings is 1. The molecule has 0 radical (unpaired) electrons. The third-order valence-corrected chi connectivity index (χ3v) is 4.52. The molecule has 2 aromatic rings. The van der Waals surface area contributed by atoms with Gasteiger partial charge in [0, 0.05) is 17.3 Å². The molecule has 0 unspecified atom stereocenters. The van der Waals surface area contributed by atoms with Crippen LogP contribution in [0.3, 0.4) is 0 Å². The molecule has 19 heavy (non-hydrogen) atoms. The molecule has 4 nitrogen and oxygen atoms in total. The lowest BCUT2D eigenvalue weighted by atomic mass is 10.3. The van der Waals surface area contributed by atoms with Gasteiger partial charge in [-0.3, -0.25) is 0 Å². The van der Waals surface area contributed by atoms with Gasteiger partial charge in [-0.05, 0) is 24.3 Å². The number of nitrogens with one attached hydrogen (secondary N) is 1. The van der Waals surface area contributed by atoms with Crippen LogP contribution in [0.1, 0.15) is 5.01 Å². The molecular weight excluding hydrogens is 294 g/mol. The first-order valence-corrected chi connectivity index (χ1v) is 7.67. The maximum Gasteiger partial charge on any atom is 0.341 e. The Kier molecular flexibility index (Phi) is 4.11. The SMILES string of the molecule is O=S(=O)(c1ccc(NCc2nccs2)cc1)C(F)F. The van der Waals surface area contributed by atoms with Crippen LogP contribution in [0.25, 0.3) is 0 Å². The van der Waals surface area contributed by atoms with Crippen molar-refractivity contribution >= 4 is 26.9 Å². The van der Waals surface area contributed by atoms with E-state index in [0.717, 1.165) is 17.1 Å². The molecule has 1 N–H and O–H groups in total. The predicted octanol–water partition coefficient (Wildman–Crippen LogP) is 2.75. The summed E-state index contributed by atoms with van der Waals surface area (Å²) < 4.78 is 47.1. The summed E-state index contributed by atoms with van der Waals surface area (Å²) >= 11 is 1.48. The molecule has 0 spiro atoms. The summed E-state index contributed by atoms with van der Waals surface area (Å²) in [4.78, 5) is 3.69. The molecule has 0 atom stereocenters. The second kappa shape index (κ2) is 5.62. The van der Waals surface area contributed by atoms with Gasteiger partial charge in [0.1, 0.15) is 5.01 Å². The fourth-order valence-electron chi connectivity index (χ4n) is 1.38. The summed E-state index contributed by atoms with van der Waals surface area (Å²) in [5.74, 6) is -3.40. The van der Waals surface area contributed by atoms with Gasteiger partial charge >= 0.3 is 5.76 Å². The summed E-state index contributed by atoms with van der Waals surface area (Å²) in [6, 6.07) is 5.21. The van der Waals surface area contributed by atoms with E-state index in [9.17, 15) is 17.2 Å².